The van der Waals surface area contributed by atoms with Crippen molar-refractivity contribution in [1.29, 1.82) is 0 Å². The van der Waals surface area contributed by atoms with Gasteiger partial charge in [-0.2, -0.15) is 0 Å². The van der Waals surface area contributed by atoms with E-state index in [-0.39, 0.29) is 24.8 Å². The first-order chi connectivity index (χ1) is 11.6. The van der Waals surface area contributed by atoms with Crippen molar-refractivity contribution in [2.45, 2.75) is 6.42 Å². The van der Waals surface area contributed by atoms with Gasteiger partial charge in [-0.15, -0.1) is 17.8 Å². The van der Waals surface area contributed by atoms with Gasteiger partial charge in [-0.1, -0.05) is 12.0 Å². The molecule has 0 unspecified atom stereocenters. The predicted molar refractivity (Wildman–Crippen MR) is 95.4 cm³/mol. The second-order valence-corrected chi connectivity index (χ2v) is 5.87. The molecule has 1 aromatic heterocycles. The van der Waals surface area contributed by atoms with Crippen LogP contribution >= 0.6 is 11.3 Å². The molecule has 0 aliphatic carbocycles. The Labute approximate surface area is 145 Å². The topological polar surface area (TPSA) is 58.6 Å². The molecule has 2 rings (SSSR count). The first-order valence-corrected chi connectivity index (χ1v) is 8.24. The normalized spacial score (nSPS) is 9.83. The molecule has 5 nitrogen and oxygen atoms in total. The predicted octanol–water partition coefficient (Wildman–Crippen LogP) is 2.54. The molecule has 1 heterocycles. The zero-order valence-corrected chi connectivity index (χ0v) is 14.1. The van der Waals surface area contributed by atoms with E-state index in [4.69, 9.17) is 11.2 Å². The first kappa shape index (κ1) is 17.6. The highest BCUT2D eigenvalue weighted by atomic mass is 32.1. The molecule has 0 radical (unpaired) electrons. The maximum absolute atomic E-state index is 12.2. The van der Waals surface area contributed by atoms with Crippen LogP contribution in [-0.4, -0.2) is 32.0 Å². The van der Waals surface area contributed by atoms with Gasteiger partial charge in [-0.3, -0.25) is 9.59 Å². The van der Waals surface area contributed by atoms with E-state index >= 15 is 0 Å². The number of terminal acetylenes is 1. The zero-order chi connectivity index (χ0) is 17.4. The highest BCUT2D eigenvalue weighted by molar-refractivity contribution is 7.12. The Balaban J connectivity index is 1.81. The van der Waals surface area contributed by atoms with Crippen molar-refractivity contribution in [1.82, 2.24) is 5.32 Å². The molecule has 0 aliphatic heterocycles. The average molecular weight is 342 g/mol. The number of carbonyl (C=O) groups excluding carboxylic acids is 2. The standard InChI is InChI=1S/C18H18N2O3S/c1-3-12-23-15-8-6-14(7-9-15)20(2)17(21)10-11-19-18(22)16-5-4-13-24-16/h1,4-9,13H,10-12H2,2H3,(H,19,22). The molecule has 0 fully saturated rings. The second kappa shape index (κ2) is 8.75. The number of hydrogen-bond acceptors (Lipinski definition) is 4. The van der Waals surface area contributed by atoms with Crippen molar-refractivity contribution in [2.75, 3.05) is 25.1 Å². The minimum Gasteiger partial charge on any atom is -0.481 e. The van der Waals surface area contributed by atoms with Crippen LogP contribution < -0.4 is 15.0 Å². The van der Waals surface area contributed by atoms with Crippen molar-refractivity contribution < 1.29 is 14.3 Å². The summed E-state index contributed by atoms with van der Waals surface area (Å²) in [6.07, 6.45) is 5.36. The van der Waals surface area contributed by atoms with Crippen LogP contribution in [-0.2, 0) is 4.79 Å². The van der Waals surface area contributed by atoms with Gasteiger partial charge >= 0.3 is 0 Å². The minimum absolute atomic E-state index is 0.0845. The van der Waals surface area contributed by atoms with Crippen molar-refractivity contribution in [3.8, 4) is 18.1 Å². The van der Waals surface area contributed by atoms with E-state index in [0.717, 1.165) is 5.69 Å². The Morgan fingerprint density at radius 1 is 1.29 bits per heavy atom. The number of nitrogens with zero attached hydrogens (tertiary/aromatic N) is 1. The molecule has 0 spiro atoms. The highest BCUT2D eigenvalue weighted by Crippen LogP contribution is 2.19. The van der Waals surface area contributed by atoms with Crippen LogP contribution in [0, 0.1) is 12.3 Å². The largest absolute Gasteiger partial charge is 0.481 e. The molecular formula is C18H18N2O3S. The molecule has 0 atom stereocenters. The third kappa shape index (κ3) is 4.86. The summed E-state index contributed by atoms with van der Waals surface area (Å²) >= 11 is 1.37. The van der Waals surface area contributed by atoms with E-state index in [0.29, 0.717) is 17.2 Å². The van der Waals surface area contributed by atoms with Crippen LogP contribution in [0.1, 0.15) is 16.1 Å². The molecule has 2 amide bonds. The number of anilines is 1. The summed E-state index contributed by atoms with van der Waals surface area (Å²) in [5.74, 6) is 2.81. The molecule has 0 saturated carbocycles. The van der Waals surface area contributed by atoms with Gasteiger partial charge in [0.15, 0.2) is 0 Å². The zero-order valence-electron chi connectivity index (χ0n) is 13.3. The lowest BCUT2D eigenvalue weighted by Crippen LogP contribution is -2.31. The van der Waals surface area contributed by atoms with Crippen LogP contribution in [0.4, 0.5) is 5.69 Å². The van der Waals surface area contributed by atoms with Gasteiger partial charge in [0.25, 0.3) is 5.91 Å². The lowest BCUT2D eigenvalue weighted by atomic mass is 10.2. The van der Waals surface area contributed by atoms with Crippen LogP contribution in [0.5, 0.6) is 5.75 Å². The summed E-state index contributed by atoms with van der Waals surface area (Å²) in [5, 5.41) is 4.58. The third-order valence-electron chi connectivity index (χ3n) is 3.29. The fraction of sp³-hybridized carbons (Fsp3) is 0.222. The van der Waals surface area contributed by atoms with E-state index < -0.39 is 0 Å². The van der Waals surface area contributed by atoms with Gasteiger partial charge in [-0.25, -0.2) is 0 Å². The maximum Gasteiger partial charge on any atom is 0.261 e. The average Bonchev–Trinajstić information content (AvgIpc) is 3.14. The number of nitrogens with one attached hydrogen (secondary N) is 1. The number of hydrogen-bond donors (Lipinski definition) is 1. The van der Waals surface area contributed by atoms with Gasteiger partial charge in [-0.05, 0) is 35.7 Å². The fourth-order valence-electron chi connectivity index (χ4n) is 1.98. The molecule has 0 saturated heterocycles. The molecule has 1 aromatic carbocycles. The summed E-state index contributed by atoms with van der Waals surface area (Å²) < 4.78 is 5.29. The molecule has 124 valence electrons. The van der Waals surface area contributed by atoms with Gasteiger partial charge in [0.2, 0.25) is 5.91 Å². The smallest absolute Gasteiger partial charge is 0.261 e. The van der Waals surface area contributed by atoms with Gasteiger partial charge in [0, 0.05) is 25.7 Å². The van der Waals surface area contributed by atoms with Crippen molar-refractivity contribution >= 4 is 28.8 Å². The minimum atomic E-state index is -0.157. The van der Waals surface area contributed by atoms with E-state index in [1.165, 1.54) is 11.3 Å². The maximum atomic E-state index is 12.2. The molecule has 6 heteroatoms. The Morgan fingerprint density at radius 3 is 2.67 bits per heavy atom. The van der Waals surface area contributed by atoms with Crippen LogP contribution in [0.3, 0.4) is 0 Å². The Morgan fingerprint density at radius 2 is 2.04 bits per heavy atom. The highest BCUT2D eigenvalue weighted by Gasteiger charge is 2.12. The molecule has 2 aromatic rings. The number of amides is 2. The quantitative estimate of drug-likeness (QED) is 0.787. The SMILES string of the molecule is C#CCOc1ccc(N(C)C(=O)CCNC(=O)c2cccs2)cc1. The van der Waals surface area contributed by atoms with Crippen molar-refractivity contribution in [3.05, 3.63) is 46.7 Å². The lowest BCUT2D eigenvalue weighted by molar-refractivity contribution is -0.118. The van der Waals surface area contributed by atoms with Crippen molar-refractivity contribution in [3.63, 3.8) is 0 Å². The Bertz CT molecular complexity index is 718. The van der Waals surface area contributed by atoms with Crippen LogP contribution in [0.2, 0.25) is 0 Å². The Hall–Kier alpha value is -2.78. The fourth-order valence-corrected chi connectivity index (χ4v) is 2.62. The second-order valence-electron chi connectivity index (χ2n) is 4.92. The summed E-state index contributed by atoms with van der Waals surface area (Å²) in [4.78, 5) is 26.2. The van der Waals surface area contributed by atoms with E-state index in [2.05, 4.69) is 11.2 Å². The van der Waals surface area contributed by atoms with Crippen LogP contribution in [0.25, 0.3) is 0 Å². The number of carbonyl (C=O) groups is 2. The molecule has 1 N–H and O–H groups in total. The number of benzene rings is 1. The molecular weight excluding hydrogens is 324 g/mol. The van der Waals surface area contributed by atoms with E-state index in [1.807, 2.05) is 11.4 Å². The van der Waals surface area contributed by atoms with Crippen LogP contribution in [0.15, 0.2) is 41.8 Å². The summed E-state index contributed by atoms with van der Waals surface area (Å²) in [6.45, 7) is 0.501. The monoisotopic (exact) mass is 342 g/mol. The molecule has 0 aliphatic rings. The molecule has 24 heavy (non-hydrogen) atoms. The number of rotatable bonds is 7. The van der Waals surface area contributed by atoms with Gasteiger partial charge in [0.1, 0.15) is 12.4 Å². The first-order valence-electron chi connectivity index (χ1n) is 7.36. The third-order valence-corrected chi connectivity index (χ3v) is 4.16. The summed E-state index contributed by atoms with van der Waals surface area (Å²) in [5.41, 5.74) is 0.748. The summed E-state index contributed by atoms with van der Waals surface area (Å²) in [6, 6.07) is 10.7. The number of ether oxygens (including phenoxy) is 1. The van der Waals surface area contributed by atoms with Gasteiger partial charge in [0.05, 0.1) is 4.88 Å². The number of thiophene rings is 1. The Kier molecular flexibility index (Phi) is 6.41. The van der Waals surface area contributed by atoms with Gasteiger partial charge < -0.3 is 15.0 Å². The van der Waals surface area contributed by atoms with E-state index in [1.54, 1.807) is 42.3 Å². The molecule has 0 bridgehead atoms. The van der Waals surface area contributed by atoms with Crippen molar-refractivity contribution in [2.24, 2.45) is 0 Å². The lowest BCUT2D eigenvalue weighted by Gasteiger charge is -2.18. The van der Waals surface area contributed by atoms with E-state index in [9.17, 15) is 9.59 Å². The summed E-state index contributed by atoms with van der Waals surface area (Å²) in [7, 11) is 1.70.